The Morgan fingerprint density at radius 2 is 1.88 bits per heavy atom. The third kappa shape index (κ3) is 5.82. The minimum Gasteiger partial charge on any atom is -0.416 e. The van der Waals surface area contributed by atoms with Crippen LogP contribution in [-0.2, 0) is 4.43 Å². The summed E-state index contributed by atoms with van der Waals surface area (Å²) in [6.07, 6.45) is 3.49. The molecule has 0 heterocycles. The third-order valence-corrected chi connectivity index (χ3v) is 8.31. The minimum absolute atomic E-state index is 0.314. The summed E-state index contributed by atoms with van der Waals surface area (Å²) < 4.78 is 7.60. The maximum Gasteiger partial charge on any atom is 0.192 e. The van der Waals surface area contributed by atoms with Crippen LogP contribution in [0, 0.1) is 5.92 Å². The van der Waals surface area contributed by atoms with Crippen LogP contribution in [0.4, 0.5) is 0 Å². The van der Waals surface area contributed by atoms with Gasteiger partial charge in [-0.15, -0.1) is 0 Å². The smallest absolute Gasteiger partial charge is 0.192 e. The summed E-state index contributed by atoms with van der Waals surface area (Å²) in [6.45, 7) is 16.8. The van der Waals surface area contributed by atoms with Crippen molar-refractivity contribution in [3.63, 3.8) is 0 Å². The molecule has 0 spiro atoms. The Bertz CT molecular complexity index is 237. The number of halogens is 1. The van der Waals surface area contributed by atoms with Crippen LogP contribution >= 0.6 is 22.6 Å². The highest BCUT2D eigenvalue weighted by atomic mass is 127. The number of allylic oxidation sites excluding steroid dienone is 1. The van der Waals surface area contributed by atoms with Crippen LogP contribution in [0.25, 0.3) is 0 Å². The van der Waals surface area contributed by atoms with Gasteiger partial charge in [-0.25, -0.2) is 0 Å². The number of hydrogen-bond acceptors (Lipinski definition) is 1. The lowest BCUT2D eigenvalue weighted by atomic mass is 10.1. The molecule has 0 aliphatic rings. The van der Waals surface area contributed by atoms with E-state index in [0.717, 1.165) is 13.0 Å². The van der Waals surface area contributed by atoms with E-state index in [1.54, 1.807) is 0 Å². The van der Waals surface area contributed by atoms with Crippen molar-refractivity contribution >= 4 is 30.9 Å². The zero-order valence-electron chi connectivity index (χ0n) is 11.9. The Kier molecular flexibility index (Phi) is 6.81. The predicted molar refractivity (Wildman–Crippen MR) is 84.7 cm³/mol. The molecule has 0 aromatic rings. The Hall–Kier alpha value is 0.647. The zero-order chi connectivity index (χ0) is 13.0. The lowest BCUT2D eigenvalue weighted by Gasteiger charge is -2.37. The largest absolute Gasteiger partial charge is 0.416 e. The van der Waals surface area contributed by atoms with Gasteiger partial charge >= 0.3 is 0 Å². The van der Waals surface area contributed by atoms with Gasteiger partial charge in [0, 0.05) is 6.61 Å². The van der Waals surface area contributed by atoms with Gasteiger partial charge in [-0.2, -0.15) is 0 Å². The van der Waals surface area contributed by atoms with E-state index in [9.17, 15) is 0 Å². The maximum absolute atomic E-state index is 6.24. The molecule has 0 amide bonds. The van der Waals surface area contributed by atoms with Crippen LogP contribution in [0.5, 0.6) is 0 Å². The Labute approximate surface area is 116 Å². The average molecular weight is 354 g/mol. The Balaban J connectivity index is 4.38. The molecule has 0 aliphatic carbocycles. The first-order chi connectivity index (χ1) is 7.10. The van der Waals surface area contributed by atoms with Crippen molar-refractivity contribution in [3.8, 4) is 0 Å². The first-order valence-corrected chi connectivity index (χ1v) is 10.1. The van der Waals surface area contributed by atoms with Crippen molar-refractivity contribution in [2.75, 3.05) is 6.61 Å². The van der Waals surface area contributed by atoms with Crippen LogP contribution in [-0.4, -0.2) is 14.9 Å². The minimum atomic E-state index is -1.57. The van der Waals surface area contributed by atoms with E-state index < -0.39 is 8.32 Å². The summed E-state index contributed by atoms with van der Waals surface area (Å²) in [5.74, 6) is 0.575. The Morgan fingerprint density at radius 1 is 1.38 bits per heavy atom. The van der Waals surface area contributed by atoms with Crippen molar-refractivity contribution in [3.05, 3.63) is 9.66 Å². The van der Waals surface area contributed by atoms with E-state index in [4.69, 9.17) is 4.43 Å². The number of rotatable bonds is 5. The van der Waals surface area contributed by atoms with Gasteiger partial charge in [-0.05, 0) is 63.6 Å². The van der Waals surface area contributed by atoms with E-state index in [0.29, 0.717) is 11.0 Å². The molecular weight excluding hydrogens is 327 g/mol. The fourth-order valence-electron chi connectivity index (χ4n) is 1.14. The van der Waals surface area contributed by atoms with Crippen molar-refractivity contribution < 1.29 is 4.43 Å². The van der Waals surface area contributed by atoms with Gasteiger partial charge in [0.2, 0.25) is 0 Å². The van der Waals surface area contributed by atoms with Crippen molar-refractivity contribution in [2.45, 2.75) is 59.2 Å². The van der Waals surface area contributed by atoms with Gasteiger partial charge in [0.15, 0.2) is 8.32 Å². The van der Waals surface area contributed by atoms with Crippen LogP contribution in [0.2, 0.25) is 18.1 Å². The highest BCUT2D eigenvalue weighted by molar-refractivity contribution is 14.1. The molecule has 0 aliphatic heterocycles. The first kappa shape index (κ1) is 16.6. The van der Waals surface area contributed by atoms with Crippen LogP contribution < -0.4 is 0 Å². The summed E-state index contributed by atoms with van der Waals surface area (Å²) in [5, 5.41) is 0.314. The lowest BCUT2D eigenvalue weighted by Crippen LogP contribution is -2.41. The van der Waals surface area contributed by atoms with Crippen molar-refractivity contribution in [2.24, 2.45) is 5.92 Å². The summed E-state index contributed by atoms with van der Waals surface area (Å²) in [4.78, 5) is 0. The molecule has 3 heteroatoms. The van der Waals surface area contributed by atoms with E-state index in [2.05, 4.69) is 76.4 Å². The highest BCUT2D eigenvalue weighted by Crippen LogP contribution is 2.37. The molecule has 0 saturated heterocycles. The monoisotopic (exact) mass is 354 g/mol. The molecule has 0 bridgehead atoms. The molecule has 1 nitrogen and oxygen atoms in total. The second kappa shape index (κ2) is 6.54. The molecule has 0 unspecified atom stereocenters. The maximum atomic E-state index is 6.24. The molecule has 0 radical (unpaired) electrons. The van der Waals surface area contributed by atoms with Gasteiger partial charge in [-0.3, -0.25) is 0 Å². The molecule has 0 N–H and O–H groups in total. The van der Waals surface area contributed by atoms with Crippen LogP contribution in [0.15, 0.2) is 9.66 Å². The summed E-state index contributed by atoms with van der Waals surface area (Å²) >= 11 is 2.37. The number of hydrogen-bond donors (Lipinski definition) is 0. The van der Waals surface area contributed by atoms with Gasteiger partial charge in [-0.1, -0.05) is 33.8 Å². The second-order valence-electron chi connectivity index (χ2n) is 5.99. The van der Waals surface area contributed by atoms with E-state index in [-0.39, 0.29) is 0 Å². The molecule has 0 aromatic heterocycles. The summed E-state index contributed by atoms with van der Waals surface area (Å²) in [6, 6.07) is 0. The lowest BCUT2D eigenvalue weighted by molar-refractivity contribution is 0.248. The van der Waals surface area contributed by atoms with Crippen LogP contribution in [0.3, 0.4) is 0 Å². The normalized spacial score (nSPS) is 16.4. The molecule has 96 valence electrons. The van der Waals surface area contributed by atoms with Crippen LogP contribution in [0.1, 0.15) is 41.0 Å². The third-order valence-electron chi connectivity index (χ3n) is 3.45. The molecule has 1 atom stereocenters. The Morgan fingerprint density at radius 3 is 2.19 bits per heavy atom. The van der Waals surface area contributed by atoms with Crippen molar-refractivity contribution in [1.29, 1.82) is 0 Å². The quantitative estimate of drug-likeness (QED) is 0.476. The standard InChI is InChI=1S/C13H27IOSi/c1-8-12(9-11(2)14)10-15-16(6,7)13(3,4)5/h9,12H,8,10H2,1-7H3/b11-9-/t12-/m1/s1. The topological polar surface area (TPSA) is 9.23 Å². The molecule has 0 saturated carbocycles. The SMILES string of the molecule is CC[C@H](/C=C(/C)I)CO[Si](C)(C)C(C)(C)C. The fraction of sp³-hybridized carbons (Fsp3) is 0.846. The second-order valence-corrected chi connectivity index (χ2v) is 12.5. The summed E-state index contributed by atoms with van der Waals surface area (Å²) in [5.41, 5.74) is 0. The van der Waals surface area contributed by atoms with E-state index >= 15 is 0 Å². The fourth-order valence-corrected chi connectivity index (χ4v) is 2.71. The van der Waals surface area contributed by atoms with E-state index in [1.165, 1.54) is 3.58 Å². The van der Waals surface area contributed by atoms with Gasteiger partial charge in [0.05, 0.1) is 0 Å². The molecule has 0 aromatic carbocycles. The molecule has 0 rings (SSSR count). The zero-order valence-corrected chi connectivity index (χ0v) is 15.0. The van der Waals surface area contributed by atoms with E-state index in [1.807, 2.05) is 0 Å². The van der Waals surface area contributed by atoms with Gasteiger partial charge in [0.25, 0.3) is 0 Å². The predicted octanol–water partition coefficient (Wildman–Crippen LogP) is 5.37. The van der Waals surface area contributed by atoms with Gasteiger partial charge in [0.1, 0.15) is 0 Å². The van der Waals surface area contributed by atoms with Crippen molar-refractivity contribution in [1.82, 2.24) is 0 Å². The molecule has 16 heavy (non-hydrogen) atoms. The van der Waals surface area contributed by atoms with Gasteiger partial charge < -0.3 is 4.43 Å². The average Bonchev–Trinajstić information content (AvgIpc) is 2.09. The summed E-state index contributed by atoms with van der Waals surface area (Å²) in [7, 11) is -1.57. The molecule has 0 fully saturated rings. The molecular formula is C13H27IOSi. The first-order valence-electron chi connectivity index (χ1n) is 6.08. The highest BCUT2D eigenvalue weighted by Gasteiger charge is 2.37.